The second-order valence-electron chi connectivity index (χ2n) is 6.06. The van der Waals surface area contributed by atoms with E-state index in [1.807, 2.05) is 6.07 Å². The van der Waals surface area contributed by atoms with Crippen molar-refractivity contribution in [1.82, 2.24) is 10.1 Å². The van der Waals surface area contributed by atoms with Crippen molar-refractivity contribution in [2.75, 3.05) is 5.32 Å². The van der Waals surface area contributed by atoms with Gasteiger partial charge >= 0.3 is 0 Å². The lowest BCUT2D eigenvalue weighted by Crippen LogP contribution is -2.12. The Balaban J connectivity index is 1.62. The highest BCUT2D eigenvalue weighted by atomic mass is 35.5. The highest BCUT2D eigenvalue weighted by molar-refractivity contribution is 6.42. The number of hydrogen-bond donors (Lipinski definition) is 1. The zero-order chi connectivity index (χ0) is 20.4. The van der Waals surface area contributed by atoms with Crippen LogP contribution in [0.1, 0.15) is 10.4 Å². The van der Waals surface area contributed by atoms with Crippen LogP contribution in [0, 0.1) is 0 Å². The summed E-state index contributed by atoms with van der Waals surface area (Å²) in [7, 11) is 0. The van der Waals surface area contributed by atoms with E-state index in [9.17, 15) is 4.79 Å². The largest absolute Gasteiger partial charge is 0.334 e. The third-order valence-electron chi connectivity index (χ3n) is 4.12. The molecule has 0 atom stereocenters. The smallest absolute Gasteiger partial charge is 0.260 e. The summed E-state index contributed by atoms with van der Waals surface area (Å²) >= 11 is 17.8. The minimum Gasteiger partial charge on any atom is -0.334 e. The second-order valence-corrected chi connectivity index (χ2v) is 7.31. The molecule has 0 radical (unpaired) electrons. The Labute approximate surface area is 181 Å². The zero-order valence-corrected chi connectivity index (χ0v) is 17.0. The van der Waals surface area contributed by atoms with Crippen LogP contribution in [0.4, 0.5) is 5.69 Å². The summed E-state index contributed by atoms with van der Waals surface area (Å²) in [4.78, 5) is 17.1. The number of carbonyl (C=O) groups excluding carboxylic acids is 1. The number of halogens is 3. The van der Waals surface area contributed by atoms with E-state index in [0.29, 0.717) is 37.7 Å². The lowest BCUT2D eigenvalue weighted by Gasteiger charge is -2.09. The van der Waals surface area contributed by atoms with Gasteiger partial charge in [0, 0.05) is 16.1 Å². The third-order valence-corrected chi connectivity index (χ3v) is 5.11. The SMILES string of the molecule is O=C(Nc1ccccc1-c1nc(-c2ccc(Cl)cc2)no1)c1ccc(Cl)c(Cl)c1. The summed E-state index contributed by atoms with van der Waals surface area (Å²) in [5, 5.41) is 8.16. The van der Waals surface area contributed by atoms with E-state index in [-0.39, 0.29) is 11.8 Å². The van der Waals surface area contributed by atoms with Gasteiger partial charge in [0.15, 0.2) is 0 Å². The topological polar surface area (TPSA) is 68.0 Å². The van der Waals surface area contributed by atoms with Gasteiger partial charge in [-0.2, -0.15) is 4.98 Å². The van der Waals surface area contributed by atoms with Crippen LogP contribution in [0.3, 0.4) is 0 Å². The minimum absolute atomic E-state index is 0.278. The Morgan fingerprint density at radius 1 is 0.897 bits per heavy atom. The first-order valence-corrected chi connectivity index (χ1v) is 9.60. The Kier molecular flexibility index (Phi) is 5.53. The average Bonchev–Trinajstić information content (AvgIpc) is 3.21. The molecule has 4 aromatic rings. The summed E-state index contributed by atoms with van der Waals surface area (Å²) < 4.78 is 5.41. The van der Waals surface area contributed by atoms with Crippen molar-refractivity contribution in [1.29, 1.82) is 0 Å². The summed E-state index contributed by atoms with van der Waals surface area (Å²) in [6.45, 7) is 0. The van der Waals surface area contributed by atoms with Gasteiger partial charge in [0.05, 0.1) is 21.3 Å². The van der Waals surface area contributed by atoms with E-state index in [1.54, 1.807) is 54.6 Å². The van der Waals surface area contributed by atoms with Gasteiger partial charge in [-0.05, 0) is 54.6 Å². The van der Waals surface area contributed by atoms with Gasteiger partial charge in [0.2, 0.25) is 5.82 Å². The fourth-order valence-corrected chi connectivity index (χ4v) is 3.08. The third kappa shape index (κ3) is 4.27. The second kappa shape index (κ2) is 8.25. The van der Waals surface area contributed by atoms with E-state index >= 15 is 0 Å². The number of hydrogen-bond acceptors (Lipinski definition) is 4. The monoisotopic (exact) mass is 443 g/mol. The van der Waals surface area contributed by atoms with Gasteiger partial charge in [-0.1, -0.05) is 52.1 Å². The molecule has 8 heteroatoms. The Morgan fingerprint density at radius 3 is 2.41 bits per heavy atom. The molecule has 1 N–H and O–H groups in total. The summed E-state index contributed by atoms with van der Waals surface area (Å²) in [6, 6.07) is 18.9. The molecule has 0 aliphatic rings. The van der Waals surface area contributed by atoms with Crippen LogP contribution < -0.4 is 5.32 Å². The molecule has 1 amide bonds. The van der Waals surface area contributed by atoms with E-state index in [4.69, 9.17) is 39.3 Å². The quantitative estimate of drug-likeness (QED) is 0.384. The number of anilines is 1. The standard InChI is InChI=1S/C21H12Cl3N3O2/c22-14-8-5-12(6-9-14)19-26-21(29-27-19)15-3-1-2-4-18(15)25-20(28)13-7-10-16(23)17(24)11-13/h1-11H,(H,25,28). The van der Waals surface area contributed by atoms with E-state index < -0.39 is 0 Å². The summed E-state index contributed by atoms with van der Waals surface area (Å²) in [5.41, 5.74) is 2.26. The molecule has 0 saturated heterocycles. The molecule has 0 aliphatic heterocycles. The molecule has 1 heterocycles. The van der Waals surface area contributed by atoms with Crippen molar-refractivity contribution in [3.05, 3.63) is 87.4 Å². The molecule has 5 nitrogen and oxygen atoms in total. The van der Waals surface area contributed by atoms with Gasteiger partial charge in [-0.3, -0.25) is 4.79 Å². The van der Waals surface area contributed by atoms with Crippen LogP contribution in [-0.2, 0) is 0 Å². The number of para-hydroxylation sites is 1. The van der Waals surface area contributed by atoms with Crippen LogP contribution in [0.25, 0.3) is 22.8 Å². The fourth-order valence-electron chi connectivity index (χ4n) is 2.66. The van der Waals surface area contributed by atoms with E-state index in [1.165, 1.54) is 6.07 Å². The minimum atomic E-state index is -0.339. The maximum absolute atomic E-state index is 12.6. The van der Waals surface area contributed by atoms with Crippen molar-refractivity contribution < 1.29 is 9.32 Å². The number of aromatic nitrogens is 2. The molecule has 0 saturated carbocycles. The number of nitrogens with zero attached hydrogens (tertiary/aromatic N) is 2. The molecule has 0 unspecified atom stereocenters. The molecule has 29 heavy (non-hydrogen) atoms. The molecule has 0 bridgehead atoms. The number of amides is 1. The highest BCUT2D eigenvalue weighted by Gasteiger charge is 2.16. The lowest BCUT2D eigenvalue weighted by atomic mass is 10.1. The van der Waals surface area contributed by atoms with Crippen LogP contribution in [0.15, 0.2) is 71.3 Å². The van der Waals surface area contributed by atoms with Gasteiger partial charge in [-0.15, -0.1) is 0 Å². The predicted molar refractivity (Wildman–Crippen MR) is 115 cm³/mol. The normalized spacial score (nSPS) is 10.7. The Hall–Kier alpha value is -2.86. The molecule has 0 aliphatic carbocycles. The maximum Gasteiger partial charge on any atom is 0.260 e. The van der Waals surface area contributed by atoms with Crippen LogP contribution in [0.5, 0.6) is 0 Å². The van der Waals surface area contributed by atoms with Crippen molar-refractivity contribution in [3.63, 3.8) is 0 Å². The molecular formula is C21H12Cl3N3O2. The first-order chi connectivity index (χ1) is 14.0. The Bertz CT molecular complexity index is 1190. The Morgan fingerprint density at radius 2 is 1.66 bits per heavy atom. The van der Waals surface area contributed by atoms with E-state index in [0.717, 1.165) is 5.56 Å². The van der Waals surface area contributed by atoms with Crippen molar-refractivity contribution >= 4 is 46.4 Å². The first-order valence-electron chi connectivity index (χ1n) is 8.47. The van der Waals surface area contributed by atoms with Crippen LogP contribution in [0.2, 0.25) is 15.1 Å². The predicted octanol–water partition coefficient (Wildman–Crippen LogP) is 6.62. The maximum atomic E-state index is 12.6. The summed E-state index contributed by atoms with van der Waals surface area (Å²) in [6.07, 6.45) is 0. The van der Waals surface area contributed by atoms with Gasteiger partial charge in [-0.25, -0.2) is 0 Å². The fraction of sp³-hybridized carbons (Fsp3) is 0. The van der Waals surface area contributed by atoms with Crippen LogP contribution >= 0.6 is 34.8 Å². The van der Waals surface area contributed by atoms with Crippen molar-refractivity contribution in [3.8, 4) is 22.8 Å². The van der Waals surface area contributed by atoms with Gasteiger partial charge in [0.1, 0.15) is 0 Å². The molecular weight excluding hydrogens is 433 g/mol. The molecule has 0 fully saturated rings. The molecule has 0 spiro atoms. The summed E-state index contributed by atoms with van der Waals surface area (Å²) in [5.74, 6) is 0.357. The molecule has 4 rings (SSSR count). The average molecular weight is 445 g/mol. The molecule has 144 valence electrons. The number of carbonyl (C=O) groups is 1. The lowest BCUT2D eigenvalue weighted by molar-refractivity contribution is 0.102. The number of benzene rings is 3. The first kappa shape index (κ1) is 19.5. The van der Waals surface area contributed by atoms with E-state index in [2.05, 4.69) is 15.5 Å². The van der Waals surface area contributed by atoms with Gasteiger partial charge in [0.25, 0.3) is 11.8 Å². The van der Waals surface area contributed by atoms with Crippen LogP contribution in [-0.4, -0.2) is 16.0 Å². The zero-order valence-electron chi connectivity index (χ0n) is 14.7. The van der Waals surface area contributed by atoms with Crippen molar-refractivity contribution in [2.24, 2.45) is 0 Å². The number of rotatable bonds is 4. The highest BCUT2D eigenvalue weighted by Crippen LogP contribution is 2.30. The molecule has 1 aromatic heterocycles. The van der Waals surface area contributed by atoms with Gasteiger partial charge < -0.3 is 9.84 Å². The number of nitrogens with one attached hydrogen (secondary N) is 1. The van der Waals surface area contributed by atoms with Crippen molar-refractivity contribution in [2.45, 2.75) is 0 Å². The molecule has 3 aromatic carbocycles.